The van der Waals surface area contributed by atoms with Gasteiger partial charge in [-0.2, -0.15) is 0 Å². The molecule has 1 rings (SSSR count). The lowest BCUT2D eigenvalue weighted by atomic mass is 9.88. The highest BCUT2D eigenvalue weighted by Crippen LogP contribution is 2.30. The van der Waals surface area contributed by atoms with Crippen molar-refractivity contribution in [1.29, 1.82) is 0 Å². The molecule has 5 nitrogen and oxygen atoms in total. The Morgan fingerprint density at radius 3 is 2.27 bits per heavy atom. The van der Waals surface area contributed by atoms with Crippen molar-refractivity contribution in [2.75, 3.05) is 40.3 Å². The summed E-state index contributed by atoms with van der Waals surface area (Å²) in [6.45, 7) is 11.2. The van der Waals surface area contributed by atoms with Gasteiger partial charge in [-0.1, -0.05) is 6.92 Å². The molecule has 1 heterocycles. The second-order valence-electron chi connectivity index (χ2n) is 7.51. The van der Waals surface area contributed by atoms with Crippen LogP contribution in [-0.2, 0) is 9.47 Å². The number of piperidine rings is 1. The molecule has 1 amide bonds. The fourth-order valence-corrected chi connectivity index (χ4v) is 2.69. The summed E-state index contributed by atoms with van der Waals surface area (Å²) in [6, 6.07) is 0. The van der Waals surface area contributed by atoms with Crippen LogP contribution in [0.15, 0.2) is 0 Å². The van der Waals surface area contributed by atoms with Gasteiger partial charge in [0.1, 0.15) is 5.60 Å². The molecule has 1 aliphatic heterocycles. The molecule has 0 aromatic rings. The number of amides is 1. The number of hydrogen-bond donors (Lipinski definition) is 0. The summed E-state index contributed by atoms with van der Waals surface area (Å²) in [5.41, 5.74) is -0.496. The highest BCUT2D eigenvalue weighted by molar-refractivity contribution is 5.68. The van der Waals surface area contributed by atoms with Crippen molar-refractivity contribution >= 4 is 6.09 Å². The lowest BCUT2D eigenvalue weighted by Gasteiger charge is -2.41. The molecule has 0 aliphatic carbocycles. The minimum absolute atomic E-state index is 0.0647. The molecule has 0 atom stereocenters. The van der Waals surface area contributed by atoms with Crippen molar-refractivity contribution in [2.45, 2.75) is 64.6 Å². The Morgan fingerprint density at radius 2 is 1.82 bits per heavy atom. The maximum Gasteiger partial charge on any atom is 0.410 e. The van der Waals surface area contributed by atoms with Gasteiger partial charge in [0.2, 0.25) is 0 Å². The van der Waals surface area contributed by atoms with Crippen molar-refractivity contribution in [2.24, 2.45) is 0 Å². The van der Waals surface area contributed by atoms with E-state index < -0.39 is 5.60 Å². The van der Waals surface area contributed by atoms with Crippen LogP contribution in [0.5, 0.6) is 0 Å². The number of nitrogens with zero attached hydrogens (tertiary/aromatic N) is 2. The molecule has 22 heavy (non-hydrogen) atoms. The van der Waals surface area contributed by atoms with E-state index in [0.29, 0.717) is 0 Å². The zero-order chi connectivity index (χ0) is 16.8. The standard InChI is InChI=1S/C17H34N2O3/c1-7-17(21-14-8-11-18(5)6)9-12-19(13-10-17)15(20)22-16(2,3)4/h7-14H2,1-6H3. The monoisotopic (exact) mass is 314 g/mol. The van der Waals surface area contributed by atoms with E-state index in [1.165, 1.54) is 0 Å². The fraction of sp³-hybridized carbons (Fsp3) is 0.941. The Balaban J connectivity index is 2.41. The summed E-state index contributed by atoms with van der Waals surface area (Å²) < 4.78 is 11.6. The molecule has 0 saturated carbocycles. The Hall–Kier alpha value is -0.810. The van der Waals surface area contributed by atoms with Crippen LogP contribution in [-0.4, -0.2) is 67.4 Å². The van der Waals surface area contributed by atoms with Crippen molar-refractivity contribution in [3.63, 3.8) is 0 Å². The van der Waals surface area contributed by atoms with Gasteiger partial charge in [-0.25, -0.2) is 4.79 Å². The van der Waals surface area contributed by atoms with Crippen LogP contribution in [0, 0.1) is 0 Å². The predicted octanol–water partition coefficient (Wildman–Crippen LogP) is 3.13. The maximum absolute atomic E-state index is 12.1. The normalized spacial score (nSPS) is 18.6. The SMILES string of the molecule is CCC1(OCCCN(C)C)CCN(C(=O)OC(C)(C)C)CC1. The van der Waals surface area contributed by atoms with Gasteiger partial charge in [0.05, 0.1) is 5.60 Å². The second-order valence-corrected chi connectivity index (χ2v) is 7.51. The Kier molecular flexibility index (Phi) is 7.13. The molecular formula is C17H34N2O3. The Labute approximate surface area is 135 Å². The molecule has 1 aliphatic rings. The summed E-state index contributed by atoms with van der Waals surface area (Å²) in [5.74, 6) is 0. The Morgan fingerprint density at radius 1 is 1.23 bits per heavy atom. The summed E-state index contributed by atoms with van der Waals surface area (Å²) in [7, 11) is 4.16. The average Bonchev–Trinajstić information content (AvgIpc) is 2.42. The van der Waals surface area contributed by atoms with Gasteiger partial charge in [0, 0.05) is 19.7 Å². The molecule has 0 N–H and O–H groups in total. The van der Waals surface area contributed by atoms with E-state index in [4.69, 9.17) is 9.47 Å². The predicted molar refractivity (Wildman–Crippen MR) is 89.2 cm³/mol. The minimum atomic E-state index is -0.431. The van der Waals surface area contributed by atoms with E-state index >= 15 is 0 Å². The van der Waals surface area contributed by atoms with Crippen LogP contribution >= 0.6 is 0 Å². The molecule has 0 aromatic carbocycles. The lowest BCUT2D eigenvalue weighted by Crippen LogP contribution is -2.49. The number of ether oxygens (including phenoxy) is 2. The van der Waals surface area contributed by atoms with Crippen molar-refractivity contribution in [1.82, 2.24) is 9.80 Å². The van der Waals surface area contributed by atoms with Crippen LogP contribution < -0.4 is 0 Å². The van der Waals surface area contributed by atoms with Crippen molar-refractivity contribution < 1.29 is 14.3 Å². The first-order valence-corrected chi connectivity index (χ1v) is 8.44. The first-order valence-electron chi connectivity index (χ1n) is 8.44. The van der Waals surface area contributed by atoms with E-state index in [2.05, 4.69) is 25.9 Å². The van der Waals surface area contributed by atoms with Crippen LogP contribution in [0.3, 0.4) is 0 Å². The highest BCUT2D eigenvalue weighted by Gasteiger charge is 2.36. The van der Waals surface area contributed by atoms with Crippen LogP contribution in [0.25, 0.3) is 0 Å². The quantitative estimate of drug-likeness (QED) is 0.706. The average molecular weight is 314 g/mol. The van der Waals surface area contributed by atoms with E-state index in [1.807, 2.05) is 25.7 Å². The molecular weight excluding hydrogens is 280 g/mol. The largest absolute Gasteiger partial charge is 0.444 e. The number of carbonyl (C=O) groups excluding carboxylic acids is 1. The van der Waals surface area contributed by atoms with E-state index in [1.54, 1.807) is 0 Å². The minimum Gasteiger partial charge on any atom is -0.444 e. The summed E-state index contributed by atoms with van der Waals surface area (Å²) in [4.78, 5) is 16.1. The van der Waals surface area contributed by atoms with Crippen LogP contribution in [0.1, 0.15) is 53.4 Å². The van der Waals surface area contributed by atoms with Gasteiger partial charge >= 0.3 is 6.09 Å². The molecule has 0 bridgehead atoms. The molecule has 130 valence electrons. The van der Waals surface area contributed by atoms with Crippen molar-refractivity contribution in [3.8, 4) is 0 Å². The van der Waals surface area contributed by atoms with E-state index in [9.17, 15) is 4.79 Å². The molecule has 0 spiro atoms. The first kappa shape index (κ1) is 19.2. The Bertz CT molecular complexity index is 342. The smallest absolute Gasteiger partial charge is 0.410 e. The van der Waals surface area contributed by atoms with Gasteiger partial charge in [-0.3, -0.25) is 0 Å². The summed E-state index contributed by atoms with van der Waals surface area (Å²) in [5, 5.41) is 0. The summed E-state index contributed by atoms with van der Waals surface area (Å²) >= 11 is 0. The topological polar surface area (TPSA) is 42.0 Å². The third-order valence-electron chi connectivity index (χ3n) is 4.13. The second kappa shape index (κ2) is 8.16. The molecule has 0 unspecified atom stereocenters. The third kappa shape index (κ3) is 6.53. The number of rotatable bonds is 6. The van der Waals surface area contributed by atoms with Gasteiger partial charge < -0.3 is 19.3 Å². The first-order chi connectivity index (χ1) is 10.2. The lowest BCUT2D eigenvalue weighted by molar-refractivity contribution is -0.0880. The molecule has 1 saturated heterocycles. The number of hydrogen-bond acceptors (Lipinski definition) is 4. The van der Waals surface area contributed by atoms with Gasteiger partial charge in [-0.15, -0.1) is 0 Å². The number of carbonyl (C=O) groups is 1. The van der Waals surface area contributed by atoms with Gasteiger partial charge in [0.25, 0.3) is 0 Å². The fourth-order valence-electron chi connectivity index (χ4n) is 2.69. The van der Waals surface area contributed by atoms with Crippen molar-refractivity contribution in [3.05, 3.63) is 0 Å². The molecule has 5 heteroatoms. The molecule has 0 aromatic heterocycles. The summed E-state index contributed by atoms with van der Waals surface area (Å²) in [6.07, 6.45) is 3.63. The van der Waals surface area contributed by atoms with Crippen LogP contribution in [0.4, 0.5) is 4.79 Å². The zero-order valence-corrected chi connectivity index (χ0v) is 15.3. The van der Waals surface area contributed by atoms with Gasteiger partial charge in [0.15, 0.2) is 0 Å². The van der Waals surface area contributed by atoms with Crippen LogP contribution in [0.2, 0.25) is 0 Å². The third-order valence-corrected chi connectivity index (χ3v) is 4.13. The number of likely N-dealkylation sites (tertiary alicyclic amines) is 1. The van der Waals surface area contributed by atoms with E-state index in [-0.39, 0.29) is 11.7 Å². The molecule has 1 fully saturated rings. The zero-order valence-electron chi connectivity index (χ0n) is 15.3. The maximum atomic E-state index is 12.1. The highest BCUT2D eigenvalue weighted by atomic mass is 16.6. The molecule has 0 radical (unpaired) electrons. The van der Waals surface area contributed by atoms with Gasteiger partial charge in [-0.05, 0) is 67.1 Å². The van der Waals surface area contributed by atoms with E-state index in [0.717, 1.165) is 51.9 Å².